The van der Waals surface area contributed by atoms with Gasteiger partial charge in [0, 0.05) is 6.07 Å². The molecule has 0 atom stereocenters. The van der Waals surface area contributed by atoms with E-state index in [0.29, 0.717) is 16.9 Å². The molecule has 0 bridgehead atoms. The Balaban J connectivity index is 3.08. The number of thiophene rings is 1. The Labute approximate surface area is 61.9 Å². The highest BCUT2D eigenvalue weighted by atomic mass is 32.1. The number of carbonyl (C=O) groups is 1. The molecule has 4 heteroatoms. The standard InChI is InChI=1S/C6H6O3S/c1-9-4-2-6(8)10-5(4)3-7/h2-3,8H,1H3. The molecule has 0 aromatic carbocycles. The van der Waals surface area contributed by atoms with Crippen LogP contribution in [0.2, 0.25) is 0 Å². The molecule has 10 heavy (non-hydrogen) atoms. The molecular weight excluding hydrogens is 152 g/mol. The van der Waals surface area contributed by atoms with Crippen molar-refractivity contribution in [3.8, 4) is 10.8 Å². The maximum Gasteiger partial charge on any atom is 0.175 e. The number of aldehydes is 1. The Morgan fingerprint density at radius 2 is 2.50 bits per heavy atom. The molecule has 1 heterocycles. The molecule has 0 aliphatic carbocycles. The highest BCUT2D eigenvalue weighted by molar-refractivity contribution is 7.15. The summed E-state index contributed by atoms with van der Waals surface area (Å²) in [6.45, 7) is 0. The zero-order valence-electron chi connectivity index (χ0n) is 5.33. The van der Waals surface area contributed by atoms with E-state index in [1.165, 1.54) is 13.2 Å². The normalized spacial score (nSPS) is 9.30. The molecule has 0 aliphatic rings. The predicted molar refractivity (Wildman–Crippen MR) is 37.9 cm³/mol. The zero-order chi connectivity index (χ0) is 7.56. The summed E-state index contributed by atoms with van der Waals surface area (Å²) in [5, 5.41) is 8.97. The monoisotopic (exact) mass is 158 g/mol. The summed E-state index contributed by atoms with van der Waals surface area (Å²) in [6.07, 6.45) is 0.656. The van der Waals surface area contributed by atoms with Gasteiger partial charge < -0.3 is 9.84 Å². The van der Waals surface area contributed by atoms with E-state index in [0.717, 1.165) is 11.3 Å². The van der Waals surface area contributed by atoms with Crippen LogP contribution in [0.3, 0.4) is 0 Å². The smallest absolute Gasteiger partial charge is 0.175 e. The van der Waals surface area contributed by atoms with Crippen molar-refractivity contribution in [2.45, 2.75) is 0 Å². The van der Waals surface area contributed by atoms with Crippen molar-refractivity contribution in [3.63, 3.8) is 0 Å². The van der Waals surface area contributed by atoms with E-state index >= 15 is 0 Å². The first kappa shape index (κ1) is 7.08. The number of hydrogen-bond donors (Lipinski definition) is 1. The SMILES string of the molecule is COc1cc(O)sc1C=O. The van der Waals surface area contributed by atoms with E-state index in [2.05, 4.69) is 0 Å². The average Bonchev–Trinajstić information content (AvgIpc) is 2.30. The van der Waals surface area contributed by atoms with E-state index < -0.39 is 0 Å². The number of methoxy groups -OCH3 is 1. The Morgan fingerprint density at radius 1 is 1.80 bits per heavy atom. The molecule has 1 aromatic rings. The van der Waals surface area contributed by atoms with Crippen molar-refractivity contribution in [3.05, 3.63) is 10.9 Å². The van der Waals surface area contributed by atoms with Crippen LogP contribution in [0.25, 0.3) is 0 Å². The minimum Gasteiger partial charge on any atom is -0.499 e. The lowest BCUT2D eigenvalue weighted by molar-refractivity contribution is 0.112. The van der Waals surface area contributed by atoms with Crippen LogP contribution in [0, 0.1) is 0 Å². The van der Waals surface area contributed by atoms with Gasteiger partial charge in [-0.25, -0.2) is 0 Å². The molecule has 0 radical (unpaired) electrons. The van der Waals surface area contributed by atoms with Gasteiger partial charge in [-0.15, -0.1) is 0 Å². The van der Waals surface area contributed by atoms with Gasteiger partial charge in [0.25, 0.3) is 0 Å². The average molecular weight is 158 g/mol. The lowest BCUT2D eigenvalue weighted by atomic mass is 10.4. The van der Waals surface area contributed by atoms with E-state index in [1.54, 1.807) is 0 Å². The number of ether oxygens (including phenoxy) is 1. The van der Waals surface area contributed by atoms with Crippen LogP contribution in [-0.4, -0.2) is 18.5 Å². The third-order valence-corrected chi connectivity index (χ3v) is 1.88. The predicted octanol–water partition coefficient (Wildman–Crippen LogP) is 1.27. The second-order valence-corrected chi connectivity index (χ2v) is 2.70. The second kappa shape index (κ2) is 2.70. The lowest BCUT2D eigenvalue weighted by Gasteiger charge is -1.91. The van der Waals surface area contributed by atoms with Crippen LogP contribution in [0.5, 0.6) is 10.8 Å². The van der Waals surface area contributed by atoms with Gasteiger partial charge in [-0.05, 0) is 0 Å². The number of carbonyl (C=O) groups excluding carboxylic acids is 1. The highest BCUT2D eigenvalue weighted by Crippen LogP contribution is 2.31. The van der Waals surface area contributed by atoms with Gasteiger partial charge in [0.2, 0.25) is 0 Å². The molecule has 0 amide bonds. The van der Waals surface area contributed by atoms with Gasteiger partial charge in [-0.1, -0.05) is 11.3 Å². The molecule has 0 saturated carbocycles. The van der Waals surface area contributed by atoms with Crippen molar-refractivity contribution < 1.29 is 14.6 Å². The van der Waals surface area contributed by atoms with Crippen LogP contribution in [-0.2, 0) is 0 Å². The fourth-order valence-corrected chi connectivity index (χ4v) is 1.30. The quantitative estimate of drug-likeness (QED) is 0.659. The van der Waals surface area contributed by atoms with Crippen LogP contribution < -0.4 is 4.74 Å². The van der Waals surface area contributed by atoms with Gasteiger partial charge in [-0.2, -0.15) is 0 Å². The van der Waals surface area contributed by atoms with Gasteiger partial charge >= 0.3 is 0 Å². The minimum absolute atomic E-state index is 0.0963. The summed E-state index contributed by atoms with van der Waals surface area (Å²) in [7, 11) is 1.45. The summed E-state index contributed by atoms with van der Waals surface area (Å²) >= 11 is 1.00. The molecule has 0 saturated heterocycles. The maximum absolute atomic E-state index is 10.2. The Kier molecular flexibility index (Phi) is 1.91. The third-order valence-electron chi connectivity index (χ3n) is 1.04. The van der Waals surface area contributed by atoms with Gasteiger partial charge in [0.05, 0.1) is 7.11 Å². The molecule has 0 spiro atoms. The summed E-state index contributed by atoms with van der Waals surface area (Å²) in [4.78, 5) is 10.6. The third kappa shape index (κ3) is 1.11. The van der Waals surface area contributed by atoms with Crippen molar-refractivity contribution in [1.82, 2.24) is 0 Å². The topological polar surface area (TPSA) is 46.5 Å². The Bertz CT molecular complexity index is 241. The molecule has 0 aliphatic heterocycles. The van der Waals surface area contributed by atoms with Crippen molar-refractivity contribution in [1.29, 1.82) is 0 Å². The Morgan fingerprint density at radius 3 is 2.90 bits per heavy atom. The van der Waals surface area contributed by atoms with E-state index in [9.17, 15) is 4.79 Å². The van der Waals surface area contributed by atoms with Crippen LogP contribution >= 0.6 is 11.3 Å². The van der Waals surface area contributed by atoms with Gasteiger partial charge in [0.1, 0.15) is 10.6 Å². The zero-order valence-corrected chi connectivity index (χ0v) is 6.14. The highest BCUT2D eigenvalue weighted by Gasteiger charge is 2.06. The molecule has 1 rings (SSSR count). The molecule has 3 nitrogen and oxygen atoms in total. The lowest BCUT2D eigenvalue weighted by Crippen LogP contribution is -1.82. The van der Waals surface area contributed by atoms with E-state index in [4.69, 9.17) is 9.84 Å². The van der Waals surface area contributed by atoms with Gasteiger partial charge in [0.15, 0.2) is 11.3 Å². The van der Waals surface area contributed by atoms with Gasteiger partial charge in [-0.3, -0.25) is 4.79 Å². The maximum atomic E-state index is 10.2. The van der Waals surface area contributed by atoms with Crippen molar-refractivity contribution in [2.75, 3.05) is 7.11 Å². The van der Waals surface area contributed by atoms with Crippen LogP contribution in [0.4, 0.5) is 0 Å². The van der Waals surface area contributed by atoms with E-state index in [-0.39, 0.29) is 5.06 Å². The molecule has 54 valence electrons. The van der Waals surface area contributed by atoms with Crippen molar-refractivity contribution >= 4 is 17.6 Å². The van der Waals surface area contributed by atoms with Crippen LogP contribution in [0.1, 0.15) is 9.67 Å². The minimum atomic E-state index is 0.0963. The summed E-state index contributed by atoms with van der Waals surface area (Å²) < 4.78 is 4.78. The first-order valence-corrected chi connectivity index (χ1v) is 3.41. The second-order valence-electron chi connectivity index (χ2n) is 1.64. The summed E-state index contributed by atoms with van der Waals surface area (Å²) in [5.41, 5.74) is 0. The molecule has 0 unspecified atom stereocenters. The Hall–Kier alpha value is -1.03. The number of rotatable bonds is 2. The summed E-state index contributed by atoms with van der Waals surface area (Å²) in [5.74, 6) is 0.428. The fourth-order valence-electron chi connectivity index (χ4n) is 0.617. The first-order valence-electron chi connectivity index (χ1n) is 2.60. The first-order chi connectivity index (χ1) is 4.77. The molecular formula is C6H6O3S. The molecule has 0 fully saturated rings. The summed E-state index contributed by atoms with van der Waals surface area (Å²) in [6, 6.07) is 1.41. The number of hydrogen-bond acceptors (Lipinski definition) is 4. The molecule has 1 N–H and O–H groups in total. The van der Waals surface area contributed by atoms with E-state index in [1.807, 2.05) is 0 Å². The fraction of sp³-hybridized carbons (Fsp3) is 0.167. The largest absolute Gasteiger partial charge is 0.499 e. The van der Waals surface area contributed by atoms with Crippen LogP contribution in [0.15, 0.2) is 6.07 Å². The van der Waals surface area contributed by atoms with Crippen molar-refractivity contribution in [2.24, 2.45) is 0 Å². The number of aromatic hydroxyl groups is 1. The molecule has 1 aromatic heterocycles.